The van der Waals surface area contributed by atoms with E-state index in [1.54, 1.807) is 36.4 Å². The number of fused-ring (bicyclic) bond motifs is 1. The molecule has 0 radical (unpaired) electrons. The van der Waals surface area contributed by atoms with E-state index in [9.17, 15) is 4.39 Å². The molecule has 7 heteroatoms. The number of aromatic nitrogens is 2. The summed E-state index contributed by atoms with van der Waals surface area (Å²) in [4.78, 5) is 11.0. The van der Waals surface area contributed by atoms with Gasteiger partial charge < -0.3 is 4.90 Å². The SMILES string of the molecule is CN(C)CCN(Cl)c1nc(-c2ccccc2F)nc2ccc(Cl)cc12. The molecule has 0 unspecified atom stereocenters. The summed E-state index contributed by atoms with van der Waals surface area (Å²) in [7, 11) is 3.93. The highest BCUT2D eigenvalue weighted by molar-refractivity contribution is 6.32. The lowest BCUT2D eigenvalue weighted by Crippen LogP contribution is -2.26. The van der Waals surface area contributed by atoms with Crippen molar-refractivity contribution in [2.24, 2.45) is 0 Å². The first-order valence-electron chi connectivity index (χ1n) is 7.76. The van der Waals surface area contributed by atoms with Crippen molar-refractivity contribution < 1.29 is 4.39 Å². The molecule has 0 N–H and O–H groups in total. The minimum Gasteiger partial charge on any atom is -0.308 e. The maximum atomic E-state index is 14.2. The van der Waals surface area contributed by atoms with E-state index in [1.807, 2.05) is 19.0 Å². The Morgan fingerprint density at radius 3 is 2.52 bits per heavy atom. The molecule has 0 spiro atoms. The Bertz CT molecular complexity index is 901. The highest BCUT2D eigenvalue weighted by Crippen LogP contribution is 2.31. The lowest BCUT2D eigenvalue weighted by molar-refractivity contribution is 0.420. The Morgan fingerprint density at radius 1 is 1.04 bits per heavy atom. The van der Waals surface area contributed by atoms with Gasteiger partial charge in [0.1, 0.15) is 5.82 Å². The third kappa shape index (κ3) is 4.00. The van der Waals surface area contributed by atoms with Crippen LogP contribution in [0.25, 0.3) is 22.3 Å². The summed E-state index contributed by atoms with van der Waals surface area (Å²) < 4.78 is 15.7. The predicted molar refractivity (Wildman–Crippen MR) is 102 cm³/mol. The summed E-state index contributed by atoms with van der Waals surface area (Å²) in [5, 5.41) is 1.29. The molecule has 0 atom stereocenters. The van der Waals surface area contributed by atoms with Crippen LogP contribution in [0.1, 0.15) is 0 Å². The highest BCUT2D eigenvalue weighted by Gasteiger charge is 2.16. The van der Waals surface area contributed by atoms with Gasteiger partial charge in [0.2, 0.25) is 0 Å². The summed E-state index contributed by atoms with van der Waals surface area (Å²) >= 11 is 12.6. The molecule has 3 aromatic rings. The zero-order valence-corrected chi connectivity index (χ0v) is 15.4. The van der Waals surface area contributed by atoms with Gasteiger partial charge in [-0.3, -0.25) is 4.42 Å². The fraction of sp³-hybridized carbons (Fsp3) is 0.222. The normalized spacial score (nSPS) is 11.3. The van der Waals surface area contributed by atoms with Gasteiger partial charge in [0.25, 0.3) is 0 Å². The molecule has 0 aliphatic heterocycles. The van der Waals surface area contributed by atoms with Gasteiger partial charge >= 0.3 is 0 Å². The summed E-state index contributed by atoms with van der Waals surface area (Å²) in [6.07, 6.45) is 0. The fourth-order valence-corrected chi connectivity index (χ4v) is 2.80. The molecule has 3 rings (SSSR count). The van der Waals surface area contributed by atoms with Crippen molar-refractivity contribution in [1.29, 1.82) is 0 Å². The van der Waals surface area contributed by atoms with Crippen molar-refractivity contribution in [2.75, 3.05) is 31.6 Å². The number of likely N-dealkylation sites (N-methyl/N-ethyl adjacent to an activating group) is 1. The topological polar surface area (TPSA) is 32.3 Å². The van der Waals surface area contributed by atoms with E-state index in [-0.39, 0.29) is 5.82 Å². The Balaban J connectivity index is 2.15. The third-order valence-electron chi connectivity index (χ3n) is 3.73. The molecule has 1 aromatic heterocycles. The Kier molecular flexibility index (Phi) is 5.37. The first-order valence-corrected chi connectivity index (χ1v) is 8.47. The lowest BCUT2D eigenvalue weighted by Gasteiger charge is -2.20. The second-order valence-electron chi connectivity index (χ2n) is 5.90. The van der Waals surface area contributed by atoms with Crippen LogP contribution >= 0.6 is 23.4 Å². The van der Waals surface area contributed by atoms with Crippen LogP contribution in [0.15, 0.2) is 42.5 Å². The molecule has 1 heterocycles. The molecular formula is C18H17Cl2FN4. The maximum Gasteiger partial charge on any atom is 0.165 e. The zero-order valence-electron chi connectivity index (χ0n) is 13.9. The van der Waals surface area contributed by atoms with Crippen LogP contribution in [0, 0.1) is 5.82 Å². The van der Waals surface area contributed by atoms with Gasteiger partial charge in [-0.15, -0.1) is 0 Å². The van der Waals surface area contributed by atoms with Crippen LogP contribution in [0.3, 0.4) is 0 Å². The molecule has 0 fully saturated rings. The van der Waals surface area contributed by atoms with Crippen LogP contribution in [0.5, 0.6) is 0 Å². The maximum absolute atomic E-state index is 14.2. The molecule has 25 heavy (non-hydrogen) atoms. The summed E-state index contributed by atoms with van der Waals surface area (Å²) in [6, 6.07) is 11.7. The minimum absolute atomic E-state index is 0.290. The van der Waals surface area contributed by atoms with E-state index in [0.29, 0.717) is 34.3 Å². The Hall–Kier alpha value is -1.95. The number of hydrogen-bond acceptors (Lipinski definition) is 4. The second-order valence-corrected chi connectivity index (χ2v) is 6.75. The quantitative estimate of drug-likeness (QED) is 0.606. The van der Waals surface area contributed by atoms with Crippen molar-refractivity contribution in [3.63, 3.8) is 0 Å². The van der Waals surface area contributed by atoms with E-state index >= 15 is 0 Å². The molecule has 0 aliphatic carbocycles. The Labute approximate surface area is 155 Å². The summed E-state index contributed by atoms with van der Waals surface area (Å²) in [5.74, 6) is 0.420. The molecular weight excluding hydrogens is 362 g/mol. The van der Waals surface area contributed by atoms with Gasteiger partial charge in [-0.2, -0.15) is 0 Å². The van der Waals surface area contributed by atoms with Crippen LogP contribution in [0.2, 0.25) is 5.02 Å². The van der Waals surface area contributed by atoms with Crippen LogP contribution in [-0.2, 0) is 0 Å². The van der Waals surface area contributed by atoms with Gasteiger partial charge in [0.05, 0.1) is 11.1 Å². The van der Waals surface area contributed by atoms with Crippen LogP contribution in [0.4, 0.5) is 10.2 Å². The van der Waals surface area contributed by atoms with Crippen molar-refractivity contribution >= 4 is 40.1 Å². The minimum atomic E-state index is -0.379. The van der Waals surface area contributed by atoms with E-state index in [1.165, 1.54) is 10.5 Å². The summed E-state index contributed by atoms with van der Waals surface area (Å²) in [6.45, 7) is 1.29. The molecule has 0 aliphatic rings. The van der Waals surface area contributed by atoms with Gasteiger partial charge in [0, 0.05) is 35.3 Å². The van der Waals surface area contributed by atoms with E-state index in [4.69, 9.17) is 23.4 Å². The smallest absolute Gasteiger partial charge is 0.165 e. The van der Waals surface area contributed by atoms with Crippen molar-refractivity contribution in [2.45, 2.75) is 0 Å². The van der Waals surface area contributed by atoms with Gasteiger partial charge in [-0.05, 0) is 44.4 Å². The van der Waals surface area contributed by atoms with Crippen molar-refractivity contribution in [1.82, 2.24) is 14.9 Å². The predicted octanol–water partition coefficient (Wildman–Crippen LogP) is 4.61. The van der Waals surface area contributed by atoms with Gasteiger partial charge in [-0.1, -0.05) is 23.7 Å². The monoisotopic (exact) mass is 378 g/mol. The van der Waals surface area contributed by atoms with E-state index in [0.717, 1.165) is 11.9 Å². The highest BCUT2D eigenvalue weighted by atomic mass is 35.5. The first kappa shape index (κ1) is 17.9. The average Bonchev–Trinajstić information content (AvgIpc) is 2.59. The van der Waals surface area contributed by atoms with E-state index < -0.39 is 0 Å². The van der Waals surface area contributed by atoms with Gasteiger partial charge in [0.15, 0.2) is 11.6 Å². The number of rotatable bonds is 5. The molecule has 2 aromatic carbocycles. The molecule has 4 nitrogen and oxygen atoms in total. The Morgan fingerprint density at radius 2 is 1.80 bits per heavy atom. The molecule has 0 saturated carbocycles. The fourth-order valence-electron chi connectivity index (χ4n) is 2.43. The molecule has 0 bridgehead atoms. The van der Waals surface area contributed by atoms with Gasteiger partial charge in [-0.25, -0.2) is 14.4 Å². The number of hydrogen-bond donors (Lipinski definition) is 0. The molecule has 0 amide bonds. The average molecular weight is 379 g/mol. The van der Waals surface area contributed by atoms with E-state index in [2.05, 4.69) is 9.97 Å². The summed E-state index contributed by atoms with van der Waals surface area (Å²) in [5.41, 5.74) is 0.987. The zero-order chi connectivity index (χ0) is 18.0. The van der Waals surface area contributed by atoms with Crippen molar-refractivity contribution in [3.8, 4) is 11.4 Å². The largest absolute Gasteiger partial charge is 0.308 e. The number of nitrogens with zero attached hydrogens (tertiary/aromatic N) is 4. The molecule has 0 saturated heterocycles. The molecule has 130 valence electrons. The lowest BCUT2D eigenvalue weighted by atomic mass is 10.1. The number of halogens is 3. The van der Waals surface area contributed by atoms with Crippen LogP contribution < -0.4 is 4.42 Å². The third-order valence-corrected chi connectivity index (χ3v) is 4.29. The van der Waals surface area contributed by atoms with Crippen LogP contribution in [-0.4, -0.2) is 42.1 Å². The standard InChI is InChI=1S/C18H17Cl2FN4/c1-24(2)9-10-25(20)18-14-11-12(19)7-8-16(14)22-17(23-18)13-5-3-4-6-15(13)21/h3-8,11H,9-10H2,1-2H3. The first-order chi connectivity index (χ1) is 12.0. The number of anilines is 1. The second kappa shape index (κ2) is 7.52. The number of benzene rings is 2. The van der Waals surface area contributed by atoms with Crippen molar-refractivity contribution in [3.05, 3.63) is 53.3 Å².